The van der Waals surface area contributed by atoms with Gasteiger partial charge < -0.3 is 9.72 Å². The van der Waals surface area contributed by atoms with E-state index in [9.17, 15) is 18.4 Å². The monoisotopic (exact) mass is 245 g/mol. The van der Waals surface area contributed by atoms with Crippen LogP contribution in [0.5, 0.6) is 0 Å². The van der Waals surface area contributed by atoms with E-state index in [1.54, 1.807) is 13.8 Å². The van der Waals surface area contributed by atoms with Gasteiger partial charge in [0.2, 0.25) is 0 Å². The largest absolute Gasteiger partial charge is 0.466 e. The molecule has 4 nitrogen and oxygen atoms in total. The van der Waals surface area contributed by atoms with Crippen LogP contribution >= 0.6 is 0 Å². The van der Waals surface area contributed by atoms with Crippen molar-refractivity contribution in [1.82, 2.24) is 4.98 Å². The number of aromatic nitrogens is 1. The molecule has 0 amide bonds. The van der Waals surface area contributed by atoms with Crippen LogP contribution in [0.1, 0.15) is 30.2 Å². The van der Waals surface area contributed by atoms with E-state index in [0.717, 1.165) is 6.07 Å². The summed E-state index contributed by atoms with van der Waals surface area (Å²) in [5.74, 6) is -0.511. The van der Waals surface area contributed by atoms with E-state index < -0.39 is 23.5 Å². The zero-order chi connectivity index (χ0) is 13.0. The van der Waals surface area contributed by atoms with Gasteiger partial charge in [0, 0.05) is 5.69 Å². The summed E-state index contributed by atoms with van der Waals surface area (Å²) in [6.45, 7) is 3.43. The minimum absolute atomic E-state index is 0.129. The van der Waals surface area contributed by atoms with Gasteiger partial charge in [0.1, 0.15) is 0 Å². The van der Waals surface area contributed by atoms with Gasteiger partial charge in [-0.25, -0.2) is 8.78 Å². The molecular formula is C11H13F2NO3. The summed E-state index contributed by atoms with van der Waals surface area (Å²) in [5.41, 5.74) is -0.717. The minimum Gasteiger partial charge on any atom is -0.466 e. The summed E-state index contributed by atoms with van der Waals surface area (Å²) in [5, 5.41) is 0. The van der Waals surface area contributed by atoms with Crippen molar-refractivity contribution in [2.24, 2.45) is 0 Å². The summed E-state index contributed by atoms with van der Waals surface area (Å²) in [7, 11) is 0. The number of rotatable bonds is 4. The van der Waals surface area contributed by atoms with Crippen LogP contribution in [-0.2, 0) is 16.0 Å². The third-order valence-corrected chi connectivity index (χ3v) is 2.25. The highest BCUT2D eigenvalue weighted by Crippen LogP contribution is 2.17. The van der Waals surface area contributed by atoms with Crippen LogP contribution in [0.15, 0.2) is 10.9 Å². The van der Waals surface area contributed by atoms with Crippen molar-refractivity contribution >= 4 is 5.97 Å². The zero-order valence-corrected chi connectivity index (χ0v) is 9.55. The molecule has 0 atom stereocenters. The first-order chi connectivity index (χ1) is 7.95. The molecule has 1 N–H and O–H groups in total. The smallest absolute Gasteiger partial charge is 0.310 e. The second-order valence-corrected chi connectivity index (χ2v) is 3.49. The first-order valence-corrected chi connectivity index (χ1v) is 5.12. The molecular weight excluding hydrogens is 232 g/mol. The van der Waals surface area contributed by atoms with E-state index in [4.69, 9.17) is 4.74 Å². The number of carbonyl (C=O) groups is 1. The van der Waals surface area contributed by atoms with Gasteiger partial charge in [0.05, 0.1) is 18.6 Å². The lowest BCUT2D eigenvalue weighted by molar-refractivity contribution is -0.142. The topological polar surface area (TPSA) is 59.2 Å². The Kier molecular flexibility index (Phi) is 4.37. The highest BCUT2D eigenvalue weighted by Gasteiger charge is 2.16. The van der Waals surface area contributed by atoms with Gasteiger partial charge in [-0.05, 0) is 25.5 Å². The molecule has 0 aromatic carbocycles. The molecule has 6 heteroatoms. The lowest BCUT2D eigenvalue weighted by atomic mass is 10.1. The number of H-pyrrole nitrogens is 1. The van der Waals surface area contributed by atoms with Gasteiger partial charge in [-0.3, -0.25) is 9.59 Å². The number of nitrogens with one attached hydrogen (secondary N) is 1. The molecule has 0 saturated heterocycles. The third kappa shape index (κ3) is 3.37. The van der Waals surface area contributed by atoms with E-state index in [1.165, 1.54) is 0 Å². The molecule has 0 radical (unpaired) electrons. The van der Waals surface area contributed by atoms with Gasteiger partial charge in [0.25, 0.3) is 12.0 Å². The molecule has 1 rings (SSSR count). The van der Waals surface area contributed by atoms with E-state index in [0.29, 0.717) is 11.3 Å². The third-order valence-electron chi connectivity index (χ3n) is 2.25. The summed E-state index contributed by atoms with van der Waals surface area (Å²) in [6.07, 6.45) is -2.99. The Morgan fingerprint density at radius 1 is 1.53 bits per heavy atom. The molecule has 1 heterocycles. The summed E-state index contributed by atoms with van der Waals surface area (Å²) < 4.78 is 29.7. The standard InChI is InChI=1S/C11H13F2NO3/c1-3-17-9(15)5-7-4-8(10(12)13)11(16)14-6(7)2/h4,10H,3,5H2,1-2H3,(H,14,16). The predicted molar refractivity (Wildman–Crippen MR) is 57.1 cm³/mol. The van der Waals surface area contributed by atoms with Gasteiger partial charge >= 0.3 is 5.97 Å². The van der Waals surface area contributed by atoms with Gasteiger partial charge in [-0.2, -0.15) is 0 Å². The fourth-order valence-electron chi connectivity index (χ4n) is 1.40. The number of hydrogen-bond acceptors (Lipinski definition) is 3. The quantitative estimate of drug-likeness (QED) is 0.822. The Labute approximate surface area is 96.6 Å². The second-order valence-electron chi connectivity index (χ2n) is 3.49. The maximum absolute atomic E-state index is 12.5. The molecule has 1 aromatic rings. The highest BCUT2D eigenvalue weighted by molar-refractivity contribution is 5.72. The lowest BCUT2D eigenvalue weighted by Crippen LogP contribution is -2.18. The Balaban J connectivity index is 3.04. The molecule has 0 aliphatic carbocycles. The molecule has 0 unspecified atom stereocenters. The molecule has 0 aliphatic heterocycles. The van der Waals surface area contributed by atoms with E-state index in [1.807, 2.05) is 0 Å². The number of aromatic amines is 1. The summed E-state index contributed by atoms with van der Waals surface area (Å²) in [6, 6.07) is 1.05. The number of aryl methyl sites for hydroxylation is 1. The fourth-order valence-corrected chi connectivity index (χ4v) is 1.40. The summed E-state index contributed by atoms with van der Waals surface area (Å²) in [4.78, 5) is 24.7. The first-order valence-electron chi connectivity index (χ1n) is 5.12. The Hall–Kier alpha value is -1.72. The van der Waals surface area contributed by atoms with Crippen molar-refractivity contribution in [1.29, 1.82) is 0 Å². The fraction of sp³-hybridized carbons (Fsp3) is 0.455. The van der Waals surface area contributed by atoms with E-state index >= 15 is 0 Å². The van der Waals surface area contributed by atoms with Crippen molar-refractivity contribution in [2.45, 2.75) is 26.7 Å². The van der Waals surface area contributed by atoms with E-state index in [-0.39, 0.29) is 13.0 Å². The molecule has 94 valence electrons. The molecule has 0 aliphatic rings. The van der Waals surface area contributed by atoms with Crippen molar-refractivity contribution < 1.29 is 18.3 Å². The van der Waals surface area contributed by atoms with Crippen LogP contribution in [0.2, 0.25) is 0 Å². The SMILES string of the molecule is CCOC(=O)Cc1cc(C(F)F)c(=O)[nH]c1C. The molecule has 0 fully saturated rings. The number of alkyl halides is 2. The number of pyridine rings is 1. The van der Waals surface area contributed by atoms with Crippen LogP contribution in [0.25, 0.3) is 0 Å². The van der Waals surface area contributed by atoms with E-state index in [2.05, 4.69) is 4.98 Å². The zero-order valence-electron chi connectivity index (χ0n) is 9.55. The molecule has 17 heavy (non-hydrogen) atoms. The van der Waals surface area contributed by atoms with Crippen LogP contribution < -0.4 is 5.56 Å². The maximum Gasteiger partial charge on any atom is 0.310 e. The molecule has 0 saturated carbocycles. The van der Waals surface area contributed by atoms with Crippen molar-refractivity contribution in [3.8, 4) is 0 Å². The Morgan fingerprint density at radius 3 is 2.71 bits per heavy atom. The molecule has 1 aromatic heterocycles. The minimum atomic E-state index is -2.86. The van der Waals surface area contributed by atoms with Gasteiger partial charge in [-0.15, -0.1) is 0 Å². The number of esters is 1. The van der Waals surface area contributed by atoms with Crippen LogP contribution in [0, 0.1) is 6.92 Å². The Bertz CT molecular complexity index is 468. The van der Waals surface area contributed by atoms with Gasteiger partial charge in [-0.1, -0.05) is 0 Å². The number of ether oxygens (including phenoxy) is 1. The number of carbonyl (C=O) groups excluding carboxylic acids is 1. The average Bonchev–Trinajstić information content (AvgIpc) is 2.21. The molecule has 0 bridgehead atoms. The lowest BCUT2D eigenvalue weighted by Gasteiger charge is -2.07. The summed E-state index contributed by atoms with van der Waals surface area (Å²) >= 11 is 0. The maximum atomic E-state index is 12.5. The number of halogens is 2. The second kappa shape index (κ2) is 5.56. The van der Waals surface area contributed by atoms with Crippen LogP contribution in [0.3, 0.4) is 0 Å². The van der Waals surface area contributed by atoms with Crippen LogP contribution in [-0.4, -0.2) is 17.6 Å². The molecule has 0 spiro atoms. The van der Waals surface area contributed by atoms with Crippen molar-refractivity contribution in [3.05, 3.63) is 33.2 Å². The normalized spacial score (nSPS) is 10.6. The first kappa shape index (κ1) is 13.3. The predicted octanol–water partition coefficient (Wildman–Crippen LogP) is 1.73. The average molecular weight is 245 g/mol. The van der Waals surface area contributed by atoms with Crippen LogP contribution in [0.4, 0.5) is 8.78 Å². The van der Waals surface area contributed by atoms with Crippen molar-refractivity contribution in [3.63, 3.8) is 0 Å². The number of hydrogen-bond donors (Lipinski definition) is 1. The highest BCUT2D eigenvalue weighted by atomic mass is 19.3. The van der Waals surface area contributed by atoms with Crippen molar-refractivity contribution in [2.75, 3.05) is 6.61 Å². The Morgan fingerprint density at radius 2 is 2.18 bits per heavy atom. The van der Waals surface area contributed by atoms with Gasteiger partial charge in [0.15, 0.2) is 0 Å².